The number of H-pyrrole nitrogens is 1. The molecule has 1 aromatic heterocycles. The summed E-state index contributed by atoms with van der Waals surface area (Å²) < 4.78 is 6.79. The van der Waals surface area contributed by atoms with Gasteiger partial charge in [-0.05, 0) is 36.4 Å². The molecule has 5 nitrogen and oxygen atoms in total. The molecule has 0 unspecified atom stereocenters. The van der Waals surface area contributed by atoms with Crippen LogP contribution in [0.4, 0.5) is 0 Å². The minimum absolute atomic E-state index is 0.279. The molecule has 1 heterocycles. The number of fused-ring (bicyclic) bond motifs is 1. The molecule has 4 aromatic rings. The first-order valence-electron chi connectivity index (χ1n) is 9.06. The van der Waals surface area contributed by atoms with E-state index in [0.29, 0.717) is 17.9 Å². The van der Waals surface area contributed by atoms with Gasteiger partial charge in [0.05, 0.1) is 6.21 Å². The highest BCUT2D eigenvalue weighted by atomic mass is 79.9. The highest BCUT2D eigenvalue weighted by Crippen LogP contribution is 2.19. The van der Waals surface area contributed by atoms with Crippen LogP contribution in [0.15, 0.2) is 88.6 Å². The molecule has 6 heteroatoms. The van der Waals surface area contributed by atoms with E-state index in [1.54, 1.807) is 30.5 Å². The number of hydrazone groups is 1. The number of carbonyl (C=O) groups is 1. The van der Waals surface area contributed by atoms with E-state index >= 15 is 0 Å². The second kappa shape index (κ2) is 8.75. The topological polar surface area (TPSA) is 66.5 Å². The second-order valence-electron chi connectivity index (χ2n) is 6.39. The van der Waals surface area contributed by atoms with Gasteiger partial charge in [-0.3, -0.25) is 4.79 Å². The first-order valence-corrected chi connectivity index (χ1v) is 9.86. The quantitative estimate of drug-likeness (QED) is 0.312. The lowest BCUT2D eigenvalue weighted by Gasteiger charge is -2.08. The van der Waals surface area contributed by atoms with Crippen LogP contribution in [0.1, 0.15) is 21.5 Å². The molecule has 144 valence electrons. The summed E-state index contributed by atoms with van der Waals surface area (Å²) in [6, 6.07) is 22.8. The van der Waals surface area contributed by atoms with Crippen molar-refractivity contribution in [2.75, 3.05) is 0 Å². The van der Waals surface area contributed by atoms with Crippen molar-refractivity contribution < 1.29 is 9.53 Å². The van der Waals surface area contributed by atoms with Gasteiger partial charge >= 0.3 is 0 Å². The molecule has 0 aliphatic heterocycles. The van der Waals surface area contributed by atoms with Crippen LogP contribution in [0, 0.1) is 0 Å². The Morgan fingerprint density at radius 3 is 2.62 bits per heavy atom. The van der Waals surface area contributed by atoms with Gasteiger partial charge in [-0.25, -0.2) is 5.43 Å². The highest BCUT2D eigenvalue weighted by molar-refractivity contribution is 9.10. The number of hydrogen-bond acceptors (Lipinski definition) is 3. The third kappa shape index (κ3) is 4.55. The molecule has 0 radical (unpaired) electrons. The zero-order valence-corrected chi connectivity index (χ0v) is 17.0. The molecule has 0 saturated heterocycles. The summed E-state index contributed by atoms with van der Waals surface area (Å²) in [5.74, 6) is 0.415. The van der Waals surface area contributed by atoms with Gasteiger partial charge in [0.15, 0.2) is 0 Å². The maximum absolute atomic E-state index is 12.3. The predicted octanol–water partition coefficient (Wildman–Crippen LogP) is 5.27. The Kier molecular flexibility index (Phi) is 5.72. The molecule has 1 amide bonds. The number of amides is 1. The maximum atomic E-state index is 12.3. The van der Waals surface area contributed by atoms with Crippen LogP contribution >= 0.6 is 15.9 Å². The average Bonchev–Trinajstić information content (AvgIpc) is 3.17. The molecule has 0 spiro atoms. The van der Waals surface area contributed by atoms with Crippen LogP contribution in [0.5, 0.6) is 5.75 Å². The number of para-hydroxylation sites is 1. The number of nitrogens with zero attached hydrogens (tertiary/aromatic N) is 1. The minimum Gasteiger partial charge on any atom is -0.489 e. The Hall–Kier alpha value is -3.38. The molecule has 0 saturated carbocycles. The standard InChI is InChI=1S/C23H18BrN3O2/c24-21-7-3-1-5-17(21)15-29-19-11-9-16(10-12-19)23(28)27-26-14-18-13-25-22-8-4-2-6-20(18)22/h1-14,25H,15H2,(H,27,28)/b26-14+. The number of hydrogen-bond donors (Lipinski definition) is 2. The maximum Gasteiger partial charge on any atom is 0.271 e. The minimum atomic E-state index is -0.279. The van der Waals surface area contributed by atoms with Crippen LogP contribution in [0.2, 0.25) is 0 Å². The number of nitrogens with one attached hydrogen (secondary N) is 2. The third-order valence-electron chi connectivity index (χ3n) is 4.46. The number of aromatic nitrogens is 1. The van der Waals surface area contributed by atoms with Gasteiger partial charge in [-0.1, -0.05) is 52.3 Å². The Morgan fingerprint density at radius 2 is 1.79 bits per heavy atom. The van der Waals surface area contributed by atoms with E-state index in [1.807, 2.05) is 54.7 Å². The normalized spacial score (nSPS) is 11.1. The van der Waals surface area contributed by atoms with Crippen LogP contribution < -0.4 is 10.2 Å². The van der Waals surface area contributed by atoms with Crippen molar-refractivity contribution in [3.8, 4) is 5.75 Å². The van der Waals surface area contributed by atoms with Gasteiger partial charge in [0.25, 0.3) is 5.91 Å². The van der Waals surface area contributed by atoms with Crippen LogP contribution in [-0.2, 0) is 6.61 Å². The molecule has 0 bridgehead atoms. The van der Waals surface area contributed by atoms with Gasteiger partial charge < -0.3 is 9.72 Å². The number of ether oxygens (including phenoxy) is 1. The van der Waals surface area contributed by atoms with Crippen molar-refractivity contribution in [1.82, 2.24) is 10.4 Å². The second-order valence-corrected chi connectivity index (χ2v) is 7.25. The zero-order chi connectivity index (χ0) is 20.1. The fourth-order valence-electron chi connectivity index (χ4n) is 2.90. The fourth-order valence-corrected chi connectivity index (χ4v) is 3.30. The van der Waals surface area contributed by atoms with E-state index in [-0.39, 0.29) is 5.91 Å². The Labute approximate surface area is 176 Å². The molecule has 0 fully saturated rings. The molecular formula is C23H18BrN3O2. The molecule has 3 aromatic carbocycles. The van der Waals surface area contributed by atoms with Crippen molar-refractivity contribution in [3.05, 3.63) is 100 Å². The molecule has 29 heavy (non-hydrogen) atoms. The van der Waals surface area contributed by atoms with Gasteiger partial charge in [0.1, 0.15) is 12.4 Å². The summed E-state index contributed by atoms with van der Waals surface area (Å²) >= 11 is 3.50. The predicted molar refractivity (Wildman–Crippen MR) is 118 cm³/mol. The lowest BCUT2D eigenvalue weighted by molar-refractivity contribution is 0.0955. The molecule has 2 N–H and O–H groups in total. The van der Waals surface area contributed by atoms with E-state index in [0.717, 1.165) is 26.5 Å². The van der Waals surface area contributed by atoms with E-state index in [9.17, 15) is 4.79 Å². The van der Waals surface area contributed by atoms with E-state index in [1.165, 1.54) is 0 Å². The number of rotatable bonds is 6. The first-order chi connectivity index (χ1) is 14.2. The Balaban J connectivity index is 1.35. The van der Waals surface area contributed by atoms with Gasteiger partial charge in [-0.2, -0.15) is 5.10 Å². The summed E-state index contributed by atoms with van der Waals surface area (Å²) in [5.41, 5.74) is 6.06. The Bertz CT molecular complexity index is 1170. The summed E-state index contributed by atoms with van der Waals surface area (Å²) in [4.78, 5) is 15.5. The summed E-state index contributed by atoms with van der Waals surface area (Å²) in [5, 5.41) is 5.12. The monoisotopic (exact) mass is 447 g/mol. The third-order valence-corrected chi connectivity index (χ3v) is 5.23. The lowest BCUT2D eigenvalue weighted by atomic mass is 10.2. The van der Waals surface area contributed by atoms with Crippen molar-refractivity contribution in [3.63, 3.8) is 0 Å². The van der Waals surface area contributed by atoms with Crippen molar-refractivity contribution in [2.24, 2.45) is 5.10 Å². The van der Waals surface area contributed by atoms with Crippen LogP contribution in [0.3, 0.4) is 0 Å². The van der Waals surface area contributed by atoms with Gasteiger partial charge in [0, 0.05) is 38.3 Å². The SMILES string of the molecule is O=C(N/N=C/c1c[nH]c2ccccc12)c1ccc(OCc2ccccc2Br)cc1. The largest absolute Gasteiger partial charge is 0.489 e. The summed E-state index contributed by atoms with van der Waals surface area (Å²) in [7, 11) is 0. The summed E-state index contributed by atoms with van der Waals surface area (Å²) in [6.07, 6.45) is 3.49. The smallest absolute Gasteiger partial charge is 0.271 e. The average molecular weight is 448 g/mol. The molecular weight excluding hydrogens is 430 g/mol. The number of aromatic amines is 1. The van der Waals surface area contributed by atoms with E-state index in [4.69, 9.17) is 4.74 Å². The van der Waals surface area contributed by atoms with Crippen LogP contribution in [-0.4, -0.2) is 17.1 Å². The van der Waals surface area contributed by atoms with Gasteiger partial charge in [0.2, 0.25) is 0 Å². The molecule has 0 atom stereocenters. The zero-order valence-electron chi connectivity index (χ0n) is 15.4. The van der Waals surface area contributed by atoms with E-state index in [2.05, 4.69) is 31.4 Å². The highest BCUT2D eigenvalue weighted by Gasteiger charge is 2.06. The van der Waals surface area contributed by atoms with Crippen molar-refractivity contribution in [1.29, 1.82) is 0 Å². The number of benzene rings is 3. The van der Waals surface area contributed by atoms with Crippen LogP contribution in [0.25, 0.3) is 10.9 Å². The molecule has 0 aliphatic rings. The summed E-state index contributed by atoms with van der Waals surface area (Å²) in [6.45, 7) is 0.446. The van der Waals surface area contributed by atoms with E-state index < -0.39 is 0 Å². The Morgan fingerprint density at radius 1 is 1.03 bits per heavy atom. The lowest BCUT2D eigenvalue weighted by Crippen LogP contribution is -2.17. The van der Waals surface area contributed by atoms with Crippen molar-refractivity contribution >= 4 is 39.0 Å². The first kappa shape index (κ1) is 19.0. The number of carbonyl (C=O) groups excluding carboxylic acids is 1. The number of halogens is 1. The van der Waals surface area contributed by atoms with Crippen molar-refractivity contribution in [2.45, 2.75) is 6.61 Å². The molecule has 0 aliphatic carbocycles. The fraction of sp³-hybridized carbons (Fsp3) is 0.0435. The van der Waals surface area contributed by atoms with Gasteiger partial charge in [-0.15, -0.1) is 0 Å². The molecule has 4 rings (SSSR count).